The number of nitrogens with two attached hydrogens (primary N) is 1. The number of hydrogen-bond acceptors (Lipinski definition) is 5. The Bertz CT molecular complexity index is 642. The highest BCUT2D eigenvalue weighted by atomic mass is 16.6. The van der Waals surface area contributed by atoms with E-state index in [4.69, 9.17) is 15.3 Å². The maximum Gasteiger partial charge on any atom is 0.417 e. The molecule has 2 aromatic carbocycles. The Kier molecular flexibility index (Phi) is 4.76. The van der Waals surface area contributed by atoms with Crippen LogP contribution in [-0.2, 0) is 0 Å². The van der Waals surface area contributed by atoms with Crippen molar-refractivity contribution in [3.8, 4) is 11.5 Å². The average molecular weight is 285 g/mol. The van der Waals surface area contributed by atoms with E-state index in [0.29, 0.717) is 17.2 Å². The van der Waals surface area contributed by atoms with Gasteiger partial charge in [0.15, 0.2) is 11.5 Å². The summed E-state index contributed by atoms with van der Waals surface area (Å²) in [6, 6.07) is 14.0. The second-order valence-electron chi connectivity index (χ2n) is 4.07. The van der Waals surface area contributed by atoms with Crippen molar-refractivity contribution in [2.45, 2.75) is 0 Å². The molecule has 0 saturated carbocycles. The molecule has 0 aliphatic rings. The lowest BCUT2D eigenvalue weighted by molar-refractivity contribution is 0.213. The van der Waals surface area contributed by atoms with E-state index in [1.807, 2.05) is 18.2 Å². The molecule has 0 saturated heterocycles. The van der Waals surface area contributed by atoms with Crippen molar-refractivity contribution in [2.75, 3.05) is 12.4 Å². The van der Waals surface area contributed by atoms with E-state index in [1.54, 1.807) is 30.3 Å². The molecule has 6 nitrogen and oxygen atoms in total. The number of para-hydroxylation sites is 1. The number of nitrogens with one attached hydrogen (secondary N) is 1. The SMILES string of the molecule is COc1cc(C=NN)ccc1OC(=O)Nc1ccccc1. The molecular formula is C15H15N3O3. The van der Waals surface area contributed by atoms with Crippen LogP contribution >= 0.6 is 0 Å². The maximum absolute atomic E-state index is 11.8. The molecule has 0 bridgehead atoms. The van der Waals surface area contributed by atoms with Gasteiger partial charge in [0.2, 0.25) is 0 Å². The van der Waals surface area contributed by atoms with Crippen LogP contribution in [0.4, 0.5) is 10.5 Å². The molecule has 2 rings (SSSR count). The van der Waals surface area contributed by atoms with Gasteiger partial charge in [-0.05, 0) is 35.9 Å². The zero-order valence-electron chi connectivity index (χ0n) is 11.4. The molecule has 0 atom stereocenters. The van der Waals surface area contributed by atoms with Crippen LogP contribution in [0.15, 0.2) is 53.6 Å². The number of carbonyl (C=O) groups excluding carboxylic acids is 1. The molecule has 1 amide bonds. The Hall–Kier alpha value is -3.02. The Morgan fingerprint density at radius 3 is 2.62 bits per heavy atom. The fraction of sp³-hybridized carbons (Fsp3) is 0.0667. The number of hydrogen-bond donors (Lipinski definition) is 2. The van der Waals surface area contributed by atoms with Crippen LogP contribution in [0.5, 0.6) is 11.5 Å². The molecule has 0 unspecified atom stereocenters. The number of ether oxygens (including phenoxy) is 2. The zero-order chi connectivity index (χ0) is 15.1. The summed E-state index contributed by atoms with van der Waals surface area (Å²) in [5, 5.41) is 6.05. The van der Waals surface area contributed by atoms with Gasteiger partial charge in [-0.3, -0.25) is 5.32 Å². The van der Waals surface area contributed by atoms with Crippen molar-refractivity contribution in [2.24, 2.45) is 10.9 Å². The quantitative estimate of drug-likeness (QED) is 0.513. The number of carbonyl (C=O) groups is 1. The van der Waals surface area contributed by atoms with Gasteiger partial charge in [-0.25, -0.2) is 4.79 Å². The molecule has 0 aliphatic heterocycles. The lowest BCUT2D eigenvalue weighted by atomic mass is 10.2. The second kappa shape index (κ2) is 6.95. The summed E-state index contributed by atoms with van der Waals surface area (Å²) in [5.74, 6) is 5.81. The Labute approximate surface area is 122 Å². The molecule has 0 radical (unpaired) electrons. The van der Waals surface area contributed by atoms with E-state index in [9.17, 15) is 4.79 Å². The maximum atomic E-state index is 11.8. The second-order valence-corrected chi connectivity index (χ2v) is 4.07. The van der Waals surface area contributed by atoms with Crippen molar-refractivity contribution in [1.29, 1.82) is 0 Å². The minimum absolute atomic E-state index is 0.306. The predicted octanol–water partition coefficient (Wildman–Crippen LogP) is 2.60. The van der Waals surface area contributed by atoms with Crippen LogP contribution in [-0.4, -0.2) is 19.4 Å². The average Bonchev–Trinajstić information content (AvgIpc) is 2.50. The minimum atomic E-state index is -0.597. The number of anilines is 1. The summed E-state index contributed by atoms with van der Waals surface area (Å²) in [6.07, 6.45) is 0.871. The first-order valence-corrected chi connectivity index (χ1v) is 6.18. The van der Waals surface area contributed by atoms with Crippen LogP contribution in [0.3, 0.4) is 0 Å². The lowest BCUT2D eigenvalue weighted by Crippen LogP contribution is -2.17. The van der Waals surface area contributed by atoms with Crippen molar-refractivity contribution in [3.05, 3.63) is 54.1 Å². The Balaban J connectivity index is 2.10. The standard InChI is InChI=1S/C15H15N3O3/c1-20-14-9-11(10-17-16)7-8-13(14)21-15(19)18-12-5-3-2-4-6-12/h2-10H,16H2,1H3,(H,18,19). The molecular weight excluding hydrogens is 270 g/mol. The summed E-state index contributed by atoms with van der Waals surface area (Å²) < 4.78 is 10.4. The smallest absolute Gasteiger partial charge is 0.417 e. The third-order valence-electron chi connectivity index (χ3n) is 2.63. The van der Waals surface area contributed by atoms with Gasteiger partial charge in [-0.2, -0.15) is 5.10 Å². The molecule has 0 aromatic heterocycles. The van der Waals surface area contributed by atoms with E-state index < -0.39 is 6.09 Å². The molecule has 0 spiro atoms. The van der Waals surface area contributed by atoms with E-state index in [0.717, 1.165) is 5.56 Å². The predicted molar refractivity (Wildman–Crippen MR) is 80.9 cm³/mol. The number of benzene rings is 2. The number of methoxy groups -OCH3 is 1. The third-order valence-corrected chi connectivity index (χ3v) is 2.63. The summed E-state index contributed by atoms with van der Waals surface area (Å²) in [6.45, 7) is 0. The number of amides is 1. The van der Waals surface area contributed by atoms with Gasteiger partial charge in [0.05, 0.1) is 13.3 Å². The third kappa shape index (κ3) is 3.97. The monoisotopic (exact) mass is 285 g/mol. The molecule has 108 valence electrons. The minimum Gasteiger partial charge on any atom is -0.493 e. The van der Waals surface area contributed by atoms with Gasteiger partial charge in [-0.15, -0.1) is 0 Å². The first-order chi connectivity index (χ1) is 10.2. The first kappa shape index (κ1) is 14.4. The summed E-state index contributed by atoms with van der Waals surface area (Å²) in [4.78, 5) is 11.8. The first-order valence-electron chi connectivity index (χ1n) is 6.18. The molecule has 21 heavy (non-hydrogen) atoms. The van der Waals surface area contributed by atoms with Crippen LogP contribution in [0, 0.1) is 0 Å². The van der Waals surface area contributed by atoms with Crippen molar-refractivity contribution < 1.29 is 14.3 Å². The fourth-order valence-corrected chi connectivity index (χ4v) is 1.70. The summed E-state index contributed by atoms with van der Waals surface area (Å²) in [5.41, 5.74) is 1.39. The number of hydrazone groups is 1. The van der Waals surface area contributed by atoms with E-state index in [2.05, 4.69) is 10.4 Å². The van der Waals surface area contributed by atoms with E-state index in [1.165, 1.54) is 13.3 Å². The highest BCUT2D eigenvalue weighted by molar-refractivity contribution is 5.87. The van der Waals surface area contributed by atoms with Crippen molar-refractivity contribution in [1.82, 2.24) is 0 Å². The Morgan fingerprint density at radius 1 is 1.19 bits per heavy atom. The van der Waals surface area contributed by atoms with Gasteiger partial charge in [0.1, 0.15) is 0 Å². The zero-order valence-corrected chi connectivity index (χ0v) is 11.4. The van der Waals surface area contributed by atoms with Crippen LogP contribution in [0.1, 0.15) is 5.56 Å². The summed E-state index contributed by atoms with van der Waals surface area (Å²) >= 11 is 0. The van der Waals surface area contributed by atoms with Gasteiger partial charge in [0, 0.05) is 5.69 Å². The van der Waals surface area contributed by atoms with Crippen molar-refractivity contribution in [3.63, 3.8) is 0 Å². The van der Waals surface area contributed by atoms with Gasteiger partial charge in [0.25, 0.3) is 0 Å². The highest BCUT2D eigenvalue weighted by Gasteiger charge is 2.10. The van der Waals surface area contributed by atoms with E-state index >= 15 is 0 Å². The van der Waals surface area contributed by atoms with Gasteiger partial charge in [-0.1, -0.05) is 18.2 Å². The number of rotatable bonds is 4. The largest absolute Gasteiger partial charge is 0.493 e. The topological polar surface area (TPSA) is 85.9 Å². The molecule has 2 aromatic rings. The molecule has 0 heterocycles. The van der Waals surface area contributed by atoms with Crippen LogP contribution in [0.25, 0.3) is 0 Å². The molecule has 3 N–H and O–H groups in total. The van der Waals surface area contributed by atoms with Gasteiger partial charge >= 0.3 is 6.09 Å². The highest BCUT2D eigenvalue weighted by Crippen LogP contribution is 2.28. The number of nitrogens with zero attached hydrogens (tertiary/aromatic N) is 1. The lowest BCUT2D eigenvalue weighted by Gasteiger charge is -2.10. The van der Waals surface area contributed by atoms with Crippen LogP contribution in [0.2, 0.25) is 0 Å². The Morgan fingerprint density at radius 2 is 1.95 bits per heavy atom. The normalized spacial score (nSPS) is 10.3. The molecule has 0 aliphatic carbocycles. The molecule has 6 heteroatoms. The van der Waals surface area contributed by atoms with Gasteiger partial charge < -0.3 is 15.3 Å². The fourth-order valence-electron chi connectivity index (χ4n) is 1.70. The van der Waals surface area contributed by atoms with Crippen molar-refractivity contribution >= 4 is 18.0 Å². The summed E-state index contributed by atoms with van der Waals surface area (Å²) in [7, 11) is 1.49. The van der Waals surface area contributed by atoms with Crippen LogP contribution < -0.4 is 20.6 Å². The molecule has 0 fully saturated rings. The van der Waals surface area contributed by atoms with E-state index in [-0.39, 0.29) is 0 Å².